The second-order valence-corrected chi connectivity index (χ2v) is 12.2. The van der Waals surface area contributed by atoms with Gasteiger partial charge >= 0.3 is 0 Å². The first-order valence-electron chi connectivity index (χ1n) is 13.6. The van der Waals surface area contributed by atoms with E-state index in [0.29, 0.717) is 0 Å². The number of para-hydroxylation sites is 1. The Labute approximate surface area is 236 Å². The Morgan fingerprint density at radius 1 is 0.950 bits per heavy atom. The van der Waals surface area contributed by atoms with Crippen molar-refractivity contribution in [3.8, 4) is 0 Å². The second-order valence-electron chi connectivity index (χ2n) is 10.3. The van der Waals surface area contributed by atoms with Crippen molar-refractivity contribution in [1.82, 2.24) is 10.2 Å². The number of halogens is 1. The number of hydrogen-bond donors (Lipinski definition) is 1. The van der Waals surface area contributed by atoms with Gasteiger partial charge in [0.2, 0.25) is 11.8 Å². The molecule has 0 radical (unpaired) electrons. The highest BCUT2D eigenvalue weighted by Crippen LogP contribution is 2.27. The first kappa shape index (κ1) is 29.3. The highest BCUT2D eigenvalue weighted by Gasteiger charge is 2.34. The lowest BCUT2D eigenvalue weighted by atomic mass is 9.95. The van der Waals surface area contributed by atoms with E-state index in [4.69, 9.17) is 0 Å². The molecule has 9 heteroatoms. The molecular weight excluding hydrogens is 529 g/mol. The Hall–Kier alpha value is -3.72. The van der Waals surface area contributed by atoms with Crippen molar-refractivity contribution >= 4 is 27.5 Å². The fourth-order valence-electron chi connectivity index (χ4n) is 5.05. The monoisotopic (exact) mass is 565 g/mol. The molecule has 0 heterocycles. The summed E-state index contributed by atoms with van der Waals surface area (Å²) >= 11 is 0. The smallest absolute Gasteiger partial charge is 0.264 e. The maximum absolute atomic E-state index is 15.0. The van der Waals surface area contributed by atoms with Gasteiger partial charge in [0.05, 0.1) is 10.6 Å². The Kier molecular flexibility index (Phi) is 9.58. The molecule has 0 aliphatic heterocycles. The molecule has 0 spiro atoms. The van der Waals surface area contributed by atoms with Crippen LogP contribution < -0.4 is 9.62 Å². The lowest BCUT2D eigenvalue weighted by Gasteiger charge is -2.33. The molecule has 212 valence electrons. The second kappa shape index (κ2) is 13.1. The van der Waals surface area contributed by atoms with E-state index < -0.39 is 34.3 Å². The molecular formula is C31H36FN3O4S. The molecule has 1 N–H and O–H groups in total. The van der Waals surface area contributed by atoms with Gasteiger partial charge in [0.1, 0.15) is 18.4 Å². The number of anilines is 1. The molecule has 1 saturated carbocycles. The third-order valence-electron chi connectivity index (χ3n) is 7.29. The normalized spacial score (nSPS) is 14.8. The minimum absolute atomic E-state index is 0.0491. The minimum atomic E-state index is -4.31. The van der Waals surface area contributed by atoms with Crippen LogP contribution in [0.25, 0.3) is 0 Å². The molecule has 0 saturated heterocycles. The van der Waals surface area contributed by atoms with Crippen molar-refractivity contribution in [3.05, 3.63) is 95.8 Å². The van der Waals surface area contributed by atoms with Crippen molar-refractivity contribution in [2.24, 2.45) is 0 Å². The quantitative estimate of drug-likeness (QED) is 0.366. The van der Waals surface area contributed by atoms with Crippen molar-refractivity contribution in [1.29, 1.82) is 0 Å². The third kappa shape index (κ3) is 7.07. The summed E-state index contributed by atoms with van der Waals surface area (Å²) in [6, 6.07) is 19.8. The topological polar surface area (TPSA) is 86.8 Å². The average Bonchev–Trinajstić information content (AvgIpc) is 2.95. The molecule has 2 amide bonds. The van der Waals surface area contributed by atoms with Gasteiger partial charge in [0, 0.05) is 12.6 Å². The number of amides is 2. The Bertz CT molecular complexity index is 1430. The van der Waals surface area contributed by atoms with E-state index in [1.54, 1.807) is 25.1 Å². The third-order valence-corrected chi connectivity index (χ3v) is 9.06. The van der Waals surface area contributed by atoms with Crippen molar-refractivity contribution in [3.63, 3.8) is 0 Å². The first-order chi connectivity index (χ1) is 19.2. The van der Waals surface area contributed by atoms with E-state index in [1.165, 1.54) is 35.2 Å². The predicted molar refractivity (Wildman–Crippen MR) is 154 cm³/mol. The summed E-state index contributed by atoms with van der Waals surface area (Å²) in [5.74, 6) is -1.69. The van der Waals surface area contributed by atoms with Crippen LogP contribution in [0.15, 0.2) is 83.8 Å². The molecule has 0 bridgehead atoms. The predicted octanol–water partition coefficient (Wildman–Crippen LogP) is 5.20. The van der Waals surface area contributed by atoms with Gasteiger partial charge in [-0.05, 0) is 56.5 Å². The fraction of sp³-hybridized carbons (Fsp3) is 0.355. The number of sulfonamides is 1. The number of nitrogens with one attached hydrogen (secondary N) is 1. The van der Waals surface area contributed by atoms with Gasteiger partial charge in [-0.3, -0.25) is 13.9 Å². The number of carbonyl (C=O) groups excluding carboxylic acids is 2. The number of benzene rings is 3. The van der Waals surface area contributed by atoms with Gasteiger partial charge < -0.3 is 10.2 Å². The van der Waals surface area contributed by atoms with Gasteiger partial charge in [-0.2, -0.15) is 0 Å². The van der Waals surface area contributed by atoms with Crippen LogP contribution >= 0.6 is 0 Å². The van der Waals surface area contributed by atoms with Gasteiger partial charge in [-0.15, -0.1) is 0 Å². The van der Waals surface area contributed by atoms with Crippen LogP contribution in [-0.2, 0) is 26.2 Å². The van der Waals surface area contributed by atoms with Crippen LogP contribution in [-0.4, -0.2) is 43.8 Å². The standard InChI is InChI=1S/C31H36FN3O4S/c1-23-12-11-13-25(20-23)21-34(24(2)31(37)33-26-14-5-3-6-15-26)30(36)22-35(29-19-10-9-18-28(29)32)40(38,39)27-16-7-4-8-17-27/h4,7-13,16-20,24,26H,3,5-6,14-15,21-22H2,1-2H3,(H,33,37)/t24-/m0/s1. The van der Waals surface area contributed by atoms with E-state index in [1.807, 2.05) is 31.2 Å². The van der Waals surface area contributed by atoms with Crippen LogP contribution in [0.1, 0.15) is 50.2 Å². The zero-order valence-corrected chi connectivity index (χ0v) is 23.7. The molecule has 1 fully saturated rings. The van der Waals surface area contributed by atoms with Crippen molar-refractivity contribution < 1.29 is 22.4 Å². The molecule has 1 atom stereocenters. The SMILES string of the molecule is Cc1cccc(CN(C(=O)CN(c2ccccc2F)S(=O)(=O)c2ccccc2)[C@@H](C)C(=O)NC2CCCCC2)c1. The number of nitrogens with zero attached hydrogens (tertiary/aromatic N) is 2. The molecule has 1 aliphatic carbocycles. The number of aryl methyl sites for hydroxylation is 1. The van der Waals surface area contributed by atoms with Crippen molar-refractivity contribution in [2.75, 3.05) is 10.8 Å². The number of carbonyl (C=O) groups is 2. The molecule has 7 nitrogen and oxygen atoms in total. The summed E-state index contributed by atoms with van der Waals surface area (Å²) in [6.07, 6.45) is 5.00. The van der Waals surface area contributed by atoms with Crippen LogP contribution in [0.3, 0.4) is 0 Å². The number of rotatable bonds is 10. The van der Waals surface area contributed by atoms with E-state index in [2.05, 4.69) is 5.32 Å². The van der Waals surface area contributed by atoms with E-state index in [9.17, 15) is 22.4 Å². The maximum Gasteiger partial charge on any atom is 0.264 e. The number of hydrogen-bond acceptors (Lipinski definition) is 4. The van der Waals surface area contributed by atoms with E-state index >= 15 is 0 Å². The summed E-state index contributed by atoms with van der Waals surface area (Å²) < 4.78 is 43.2. The summed E-state index contributed by atoms with van der Waals surface area (Å²) in [5.41, 5.74) is 1.55. The molecule has 0 aromatic heterocycles. The van der Waals surface area contributed by atoms with Gasteiger partial charge in [-0.25, -0.2) is 12.8 Å². The molecule has 3 aromatic carbocycles. The molecule has 0 unspecified atom stereocenters. The Morgan fingerprint density at radius 3 is 2.30 bits per heavy atom. The Morgan fingerprint density at radius 2 is 1.62 bits per heavy atom. The van der Waals surface area contributed by atoms with Crippen LogP contribution in [0.5, 0.6) is 0 Å². The lowest BCUT2D eigenvalue weighted by Crippen LogP contribution is -2.53. The van der Waals surface area contributed by atoms with Crippen LogP contribution in [0.4, 0.5) is 10.1 Å². The highest BCUT2D eigenvalue weighted by atomic mass is 32.2. The van der Waals surface area contributed by atoms with Crippen LogP contribution in [0.2, 0.25) is 0 Å². The molecule has 3 aromatic rings. The molecule has 4 rings (SSSR count). The minimum Gasteiger partial charge on any atom is -0.352 e. The van der Waals surface area contributed by atoms with Gasteiger partial charge in [-0.1, -0.05) is 79.4 Å². The zero-order valence-electron chi connectivity index (χ0n) is 22.9. The Balaban J connectivity index is 1.68. The van der Waals surface area contributed by atoms with Gasteiger partial charge in [0.15, 0.2) is 0 Å². The maximum atomic E-state index is 15.0. The van der Waals surface area contributed by atoms with E-state index in [0.717, 1.165) is 53.6 Å². The zero-order chi connectivity index (χ0) is 28.7. The van der Waals surface area contributed by atoms with E-state index in [-0.39, 0.29) is 29.1 Å². The van der Waals surface area contributed by atoms with Crippen molar-refractivity contribution in [2.45, 2.75) is 69.5 Å². The summed E-state index contributed by atoms with van der Waals surface area (Å²) in [7, 11) is -4.31. The first-order valence-corrected chi connectivity index (χ1v) is 15.1. The largest absolute Gasteiger partial charge is 0.352 e. The summed E-state index contributed by atoms with van der Waals surface area (Å²) in [6.45, 7) is 2.99. The highest BCUT2D eigenvalue weighted by molar-refractivity contribution is 7.92. The van der Waals surface area contributed by atoms with Gasteiger partial charge in [0.25, 0.3) is 10.0 Å². The molecule has 40 heavy (non-hydrogen) atoms. The summed E-state index contributed by atoms with van der Waals surface area (Å²) in [5, 5.41) is 3.08. The lowest BCUT2D eigenvalue weighted by molar-refractivity contribution is -0.139. The van der Waals surface area contributed by atoms with Crippen LogP contribution in [0, 0.1) is 12.7 Å². The average molecular weight is 566 g/mol. The molecule has 1 aliphatic rings. The fourth-order valence-corrected chi connectivity index (χ4v) is 6.49. The summed E-state index contributed by atoms with van der Waals surface area (Å²) in [4.78, 5) is 28.6.